The second-order valence-corrected chi connectivity index (χ2v) is 7.40. The minimum atomic E-state index is -2.70. The van der Waals surface area contributed by atoms with Gasteiger partial charge in [0.05, 0.1) is 12.3 Å². The lowest BCUT2D eigenvalue weighted by molar-refractivity contribution is -0.114. The summed E-state index contributed by atoms with van der Waals surface area (Å²) >= 11 is 1.40. The summed E-state index contributed by atoms with van der Waals surface area (Å²) in [5.41, 5.74) is 0.143. The van der Waals surface area contributed by atoms with E-state index in [2.05, 4.69) is 30.3 Å². The molecule has 0 saturated carbocycles. The fourth-order valence-electron chi connectivity index (χ4n) is 3.03. The van der Waals surface area contributed by atoms with Gasteiger partial charge in [-0.3, -0.25) is 9.69 Å². The predicted octanol–water partition coefficient (Wildman–Crippen LogP) is 2.05. The number of amides is 1. The first kappa shape index (κ1) is 18.8. The Labute approximate surface area is 162 Å². The zero-order valence-corrected chi connectivity index (χ0v) is 15.7. The number of thiazole rings is 1. The average Bonchev–Trinajstić information content (AvgIpc) is 3.29. The van der Waals surface area contributed by atoms with Gasteiger partial charge in [-0.15, -0.1) is 11.3 Å². The second kappa shape index (κ2) is 7.81. The normalized spacial score (nSPS) is 18.1. The third kappa shape index (κ3) is 3.98. The van der Waals surface area contributed by atoms with Crippen molar-refractivity contribution in [2.24, 2.45) is 0 Å². The molecule has 0 aromatic carbocycles. The number of nitrogens with one attached hydrogen (secondary N) is 1. The van der Waals surface area contributed by atoms with E-state index >= 15 is 0 Å². The molecule has 1 aliphatic heterocycles. The Hall–Kier alpha value is -2.57. The van der Waals surface area contributed by atoms with Crippen LogP contribution in [-0.2, 0) is 16.1 Å². The Morgan fingerprint density at radius 1 is 1.46 bits per heavy atom. The lowest BCUT2D eigenvalue weighted by Gasteiger charge is -2.32. The highest BCUT2D eigenvalue weighted by Crippen LogP contribution is 2.28. The van der Waals surface area contributed by atoms with Gasteiger partial charge >= 0.3 is 0 Å². The second-order valence-electron chi connectivity index (χ2n) is 6.29. The van der Waals surface area contributed by atoms with Crippen LogP contribution < -0.4 is 5.32 Å². The standard InChI is InChI=1S/C16H17F2N7O2S/c1-9(26)22-16-19-5-10(28-16)6-24-2-3-27-13(7-24)12-4-11(14(17)18)23-15-20-8-21-25(12)15/h4-5,8,13-14H,2-3,6-7H2,1H3,(H,19,22,26). The number of aromatic nitrogens is 5. The van der Waals surface area contributed by atoms with Gasteiger partial charge in [0.2, 0.25) is 5.91 Å². The van der Waals surface area contributed by atoms with Crippen molar-refractivity contribution in [3.8, 4) is 0 Å². The smallest absolute Gasteiger partial charge is 0.280 e. The number of hydrogen-bond donors (Lipinski definition) is 1. The molecule has 0 bridgehead atoms. The molecule has 9 nitrogen and oxygen atoms in total. The first-order valence-corrected chi connectivity index (χ1v) is 9.36. The molecule has 1 atom stereocenters. The molecular formula is C16H17F2N7O2S. The number of halogens is 2. The van der Waals surface area contributed by atoms with Gasteiger partial charge in [-0.1, -0.05) is 0 Å². The predicted molar refractivity (Wildman–Crippen MR) is 96.1 cm³/mol. The van der Waals surface area contributed by atoms with Gasteiger partial charge in [-0.2, -0.15) is 14.6 Å². The van der Waals surface area contributed by atoms with Gasteiger partial charge in [0, 0.05) is 37.6 Å². The fraction of sp³-hybridized carbons (Fsp3) is 0.438. The molecule has 3 aromatic rings. The summed E-state index contributed by atoms with van der Waals surface area (Å²) in [6.07, 6.45) is -0.148. The molecule has 148 valence electrons. The topological polar surface area (TPSA) is 97.5 Å². The number of fused-ring (bicyclic) bond motifs is 1. The highest BCUT2D eigenvalue weighted by molar-refractivity contribution is 7.15. The Morgan fingerprint density at radius 2 is 2.32 bits per heavy atom. The number of carbonyl (C=O) groups excluding carboxylic acids is 1. The Morgan fingerprint density at radius 3 is 3.11 bits per heavy atom. The number of ether oxygens (including phenoxy) is 1. The molecule has 1 aliphatic rings. The molecule has 0 radical (unpaired) electrons. The SMILES string of the molecule is CC(=O)Nc1ncc(CN2CCOC(c3cc(C(F)F)nc4ncnn34)C2)s1. The van der Waals surface area contributed by atoms with Crippen LogP contribution in [0.1, 0.15) is 35.7 Å². The van der Waals surface area contributed by atoms with E-state index < -0.39 is 12.5 Å². The zero-order chi connectivity index (χ0) is 19.7. The minimum Gasteiger partial charge on any atom is -0.369 e. The van der Waals surface area contributed by atoms with Crippen molar-refractivity contribution in [2.75, 3.05) is 25.0 Å². The third-order valence-corrected chi connectivity index (χ3v) is 5.12. The summed E-state index contributed by atoms with van der Waals surface area (Å²) in [6, 6.07) is 1.32. The number of morpholine rings is 1. The van der Waals surface area contributed by atoms with E-state index in [1.54, 1.807) is 6.20 Å². The van der Waals surface area contributed by atoms with Gasteiger partial charge in [-0.25, -0.2) is 18.7 Å². The molecule has 3 aromatic heterocycles. The van der Waals surface area contributed by atoms with Crippen molar-refractivity contribution in [3.63, 3.8) is 0 Å². The summed E-state index contributed by atoms with van der Waals surface area (Å²) in [6.45, 7) is 3.68. The quantitative estimate of drug-likeness (QED) is 0.689. The molecule has 1 N–H and O–H groups in total. The average molecular weight is 409 g/mol. The maximum absolute atomic E-state index is 13.2. The summed E-state index contributed by atoms with van der Waals surface area (Å²) in [5, 5.41) is 7.29. The van der Waals surface area contributed by atoms with E-state index in [1.807, 2.05) is 0 Å². The molecular weight excluding hydrogens is 392 g/mol. The molecule has 4 heterocycles. The summed E-state index contributed by atoms with van der Waals surface area (Å²) in [7, 11) is 0. The largest absolute Gasteiger partial charge is 0.369 e. The van der Waals surface area contributed by atoms with Gasteiger partial charge in [0.25, 0.3) is 12.2 Å². The van der Waals surface area contributed by atoms with Crippen LogP contribution in [0.15, 0.2) is 18.6 Å². The molecule has 0 aliphatic carbocycles. The first-order valence-electron chi connectivity index (χ1n) is 8.54. The van der Waals surface area contributed by atoms with Crippen LogP contribution in [0.4, 0.5) is 13.9 Å². The van der Waals surface area contributed by atoms with Gasteiger partial charge in [0.1, 0.15) is 18.1 Å². The van der Waals surface area contributed by atoms with Gasteiger partial charge in [0.15, 0.2) is 5.13 Å². The number of alkyl halides is 2. The number of rotatable bonds is 5. The van der Waals surface area contributed by atoms with Crippen LogP contribution in [0.25, 0.3) is 5.78 Å². The highest BCUT2D eigenvalue weighted by atomic mass is 32.1. The Bertz CT molecular complexity index is 992. The molecule has 4 rings (SSSR count). The Balaban J connectivity index is 1.52. The van der Waals surface area contributed by atoms with Crippen molar-refractivity contribution < 1.29 is 18.3 Å². The highest BCUT2D eigenvalue weighted by Gasteiger charge is 2.27. The van der Waals surface area contributed by atoms with Crippen molar-refractivity contribution in [1.82, 2.24) is 29.5 Å². The molecule has 28 heavy (non-hydrogen) atoms. The molecule has 1 amide bonds. The van der Waals surface area contributed by atoms with Crippen LogP contribution in [0.3, 0.4) is 0 Å². The van der Waals surface area contributed by atoms with Gasteiger partial charge < -0.3 is 10.1 Å². The molecule has 1 unspecified atom stereocenters. The van der Waals surface area contributed by atoms with E-state index in [1.165, 1.54) is 35.2 Å². The first-order chi connectivity index (χ1) is 13.5. The van der Waals surface area contributed by atoms with Crippen LogP contribution in [0.2, 0.25) is 0 Å². The lowest BCUT2D eigenvalue weighted by Crippen LogP contribution is -2.38. The molecule has 1 saturated heterocycles. The number of hydrogen-bond acceptors (Lipinski definition) is 8. The van der Waals surface area contributed by atoms with Crippen LogP contribution in [-0.4, -0.2) is 55.1 Å². The maximum atomic E-state index is 13.2. The van der Waals surface area contributed by atoms with E-state index in [4.69, 9.17) is 4.74 Å². The van der Waals surface area contributed by atoms with E-state index in [9.17, 15) is 13.6 Å². The Kier molecular flexibility index (Phi) is 5.24. The summed E-state index contributed by atoms with van der Waals surface area (Å²) < 4.78 is 33.7. The monoisotopic (exact) mass is 409 g/mol. The van der Waals surface area contributed by atoms with Gasteiger partial charge in [-0.05, 0) is 6.07 Å². The zero-order valence-electron chi connectivity index (χ0n) is 14.9. The molecule has 1 fully saturated rings. The van der Waals surface area contributed by atoms with E-state index in [-0.39, 0.29) is 17.4 Å². The number of carbonyl (C=O) groups is 1. The van der Waals surface area contributed by atoms with E-state index in [0.717, 1.165) is 4.88 Å². The van der Waals surface area contributed by atoms with E-state index in [0.29, 0.717) is 37.1 Å². The fourth-order valence-corrected chi connectivity index (χ4v) is 3.93. The van der Waals surface area contributed by atoms with Crippen molar-refractivity contribution in [2.45, 2.75) is 26.0 Å². The summed E-state index contributed by atoms with van der Waals surface area (Å²) in [5.74, 6) is -0.0485. The third-order valence-electron chi connectivity index (χ3n) is 4.22. The lowest BCUT2D eigenvalue weighted by atomic mass is 10.1. The summed E-state index contributed by atoms with van der Waals surface area (Å²) in [4.78, 5) is 26.2. The maximum Gasteiger partial charge on any atom is 0.280 e. The number of anilines is 1. The van der Waals surface area contributed by atoms with Crippen LogP contribution >= 0.6 is 11.3 Å². The minimum absolute atomic E-state index is 0.121. The number of nitrogens with zero attached hydrogens (tertiary/aromatic N) is 6. The van der Waals surface area contributed by atoms with Crippen molar-refractivity contribution >= 4 is 28.2 Å². The van der Waals surface area contributed by atoms with Crippen LogP contribution in [0, 0.1) is 0 Å². The van der Waals surface area contributed by atoms with Crippen LogP contribution in [0.5, 0.6) is 0 Å². The molecule has 0 spiro atoms. The van der Waals surface area contributed by atoms with Crippen molar-refractivity contribution in [1.29, 1.82) is 0 Å². The van der Waals surface area contributed by atoms with Crippen molar-refractivity contribution in [3.05, 3.63) is 34.9 Å². The molecule has 12 heteroatoms.